The predicted molar refractivity (Wildman–Crippen MR) is 112 cm³/mol. The second kappa shape index (κ2) is 8.48. The fourth-order valence-corrected chi connectivity index (χ4v) is 4.45. The minimum absolute atomic E-state index is 0.213. The average Bonchev–Trinajstić information content (AvgIpc) is 2.74. The van der Waals surface area contributed by atoms with Gasteiger partial charge in [0.1, 0.15) is 0 Å². The number of halogens is 4. The largest absolute Gasteiger partial charge is 0.481 e. The van der Waals surface area contributed by atoms with Crippen molar-refractivity contribution in [3.8, 4) is 0 Å². The van der Waals surface area contributed by atoms with Crippen molar-refractivity contribution in [1.82, 2.24) is 9.88 Å². The molecule has 0 bridgehead atoms. The van der Waals surface area contributed by atoms with Crippen molar-refractivity contribution < 1.29 is 23.1 Å². The van der Waals surface area contributed by atoms with Crippen LogP contribution in [0.5, 0.6) is 0 Å². The molecule has 1 aliphatic heterocycles. The third-order valence-corrected chi connectivity index (χ3v) is 6.11. The summed E-state index contributed by atoms with van der Waals surface area (Å²) in [5, 5.41) is 11.5. The Hall–Kier alpha value is -2.64. The molecule has 1 saturated heterocycles. The number of pyridine rings is 1. The number of piperidine rings is 1. The standard InChI is InChI=1S/C23H20ClF3N2O2/c24-20-6-5-18(23(25,26)27)11-19(20)21(29-9-1-2-17(13-29)22(30)31)15-3-4-16-12-28-8-7-14(16)10-15/h3-8,10-12,17,21H,1-2,9,13H2,(H,30,31). The Morgan fingerprint density at radius 1 is 1.16 bits per heavy atom. The lowest BCUT2D eigenvalue weighted by Gasteiger charge is -2.38. The maximum absolute atomic E-state index is 13.4. The van der Waals surface area contributed by atoms with Crippen molar-refractivity contribution in [3.05, 3.63) is 76.6 Å². The molecule has 2 unspecified atom stereocenters. The van der Waals surface area contributed by atoms with Gasteiger partial charge in [-0.1, -0.05) is 23.7 Å². The molecule has 1 N–H and O–H groups in total. The molecule has 8 heteroatoms. The maximum Gasteiger partial charge on any atom is 0.416 e. The first kappa shape index (κ1) is 21.6. The number of likely N-dealkylation sites (tertiary alicyclic amines) is 1. The number of carboxylic acids is 1. The van der Waals surface area contributed by atoms with Crippen LogP contribution >= 0.6 is 11.6 Å². The topological polar surface area (TPSA) is 53.4 Å². The van der Waals surface area contributed by atoms with Gasteiger partial charge in [0.15, 0.2) is 0 Å². The van der Waals surface area contributed by atoms with Crippen molar-refractivity contribution in [2.24, 2.45) is 5.92 Å². The molecule has 1 aromatic heterocycles. The van der Waals surface area contributed by atoms with E-state index in [0.717, 1.165) is 28.5 Å². The van der Waals surface area contributed by atoms with Crippen LogP contribution in [0.25, 0.3) is 10.8 Å². The molecule has 0 radical (unpaired) electrons. The van der Waals surface area contributed by atoms with Crippen LogP contribution in [0.2, 0.25) is 5.02 Å². The van der Waals surface area contributed by atoms with Gasteiger partial charge in [-0.15, -0.1) is 0 Å². The van der Waals surface area contributed by atoms with Gasteiger partial charge in [-0.25, -0.2) is 0 Å². The van der Waals surface area contributed by atoms with E-state index in [0.29, 0.717) is 24.9 Å². The first-order chi connectivity index (χ1) is 14.7. The monoisotopic (exact) mass is 448 g/mol. The number of fused-ring (bicyclic) bond motifs is 1. The summed E-state index contributed by atoms with van der Waals surface area (Å²) in [6, 6.07) is 10.1. The number of alkyl halides is 3. The van der Waals surface area contributed by atoms with Gasteiger partial charge >= 0.3 is 12.1 Å². The van der Waals surface area contributed by atoms with Gasteiger partial charge < -0.3 is 5.11 Å². The molecule has 0 aliphatic carbocycles. The summed E-state index contributed by atoms with van der Waals surface area (Å²) in [5.41, 5.74) is 0.288. The molecule has 4 nitrogen and oxygen atoms in total. The van der Waals surface area contributed by atoms with Crippen LogP contribution < -0.4 is 0 Å². The molecule has 1 fully saturated rings. The summed E-state index contributed by atoms with van der Waals surface area (Å²) in [4.78, 5) is 17.6. The molecule has 162 valence electrons. The fourth-order valence-electron chi connectivity index (χ4n) is 4.23. The Morgan fingerprint density at radius 3 is 2.71 bits per heavy atom. The van der Waals surface area contributed by atoms with E-state index in [1.807, 2.05) is 29.2 Å². The number of benzene rings is 2. The highest BCUT2D eigenvalue weighted by molar-refractivity contribution is 6.31. The van der Waals surface area contributed by atoms with Crippen molar-refractivity contribution in [2.75, 3.05) is 13.1 Å². The van der Waals surface area contributed by atoms with Crippen molar-refractivity contribution in [2.45, 2.75) is 25.1 Å². The highest BCUT2D eigenvalue weighted by Crippen LogP contribution is 2.40. The number of nitrogens with zero attached hydrogens (tertiary/aromatic N) is 2. The minimum atomic E-state index is -4.51. The van der Waals surface area contributed by atoms with E-state index < -0.39 is 29.7 Å². The van der Waals surface area contributed by atoms with E-state index in [9.17, 15) is 23.1 Å². The number of hydrogen-bond donors (Lipinski definition) is 1. The van der Waals surface area contributed by atoms with E-state index in [-0.39, 0.29) is 11.6 Å². The molecule has 2 atom stereocenters. The normalized spacial score (nSPS) is 18.8. The van der Waals surface area contributed by atoms with Crippen LogP contribution in [0.4, 0.5) is 13.2 Å². The Morgan fingerprint density at radius 2 is 1.97 bits per heavy atom. The fraction of sp³-hybridized carbons (Fsp3) is 0.304. The molecule has 4 rings (SSSR count). The van der Waals surface area contributed by atoms with Crippen molar-refractivity contribution in [3.63, 3.8) is 0 Å². The van der Waals surface area contributed by atoms with Crippen LogP contribution in [0.3, 0.4) is 0 Å². The van der Waals surface area contributed by atoms with E-state index in [2.05, 4.69) is 4.98 Å². The summed E-state index contributed by atoms with van der Waals surface area (Å²) in [6.45, 7) is 0.802. The molecule has 3 aromatic rings. The highest BCUT2D eigenvalue weighted by Gasteiger charge is 2.35. The smallest absolute Gasteiger partial charge is 0.416 e. The maximum atomic E-state index is 13.4. The quantitative estimate of drug-likeness (QED) is 0.548. The third kappa shape index (κ3) is 4.52. The summed E-state index contributed by atoms with van der Waals surface area (Å²) >= 11 is 6.41. The zero-order chi connectivity index (χ0) is 22.2. The minimum Gasteiger partial charge on any atom is -0.481 e. The lowest BCUT2D eigenvalue weighted by molar-refractivity contribution is -0.143. The first-order valence-electron chi connectivity index (χ1n) is 9.91. The van der Waals surface area contributed by atoms with E-state index in [4.69, 9.17) is 11.6 Å². The SMILES string of the molecule is O=C(O)C1CCCN(C(c2ccc3cnccc3c2)c2cc(C(F)(F)F)ccc2Cl)C1. The predicted octanol–water partition coefficient (Wildman–Crippen LogP) is 5.79. The Bertz CT molecular complexity index is 1120. The number of carboxylic acid groups (broad SMARTS) is 1. The van der Waals surface area contributed by atoms with Crippen molar-refractivity contribution in [1.29, 1.82) is 0 Å². The van der Waals surface area contributed by atoms with Crippen LogP contribution in [0, 0.1) is 5.92 Å². The molecule has 0 saturated carbocycles. The first-order valence-corrected chi connectivity index (χ1v) is 10.3. The number of carbonyl (C=O) groups is 1. The zero-order valence-electron chi connectivity index (χ0n) is 16.4. The Balaban J connectivity index is 1.86. The molecular weight excluding hydrogens is 429 g/mol. The second-order valence-corrected chi connectivity index (χ2v) is 8.20. The molecule has 31 heavy (non-hydrogen) atoms. The zero-order valence-corrected chi connectivity index (χ0v) is 17.2. The summed E-state index contributed by atoms with van der Waals surface area (Å²) in [5.74, 6) is -1.48. The molecule has 0 amide bonds. The lowest BCUT2D eigenvalue weighted by Crippen LogP contribution is -2.41. The average molecular weight is 449 g/mol. The van der Waals surface area contributed by atoms with Crippen LogP contribution in [0.1, 0.15) is 35.6 Å². The van der Waals surface area contributed by atoms with E-state index in [1.165, 1.54) is 6.07 Å². The number of aliphatic carboxylic acids is 1. The van der Waals surface area contributed by atoms with Gasteiger partial charge in [-0.3, -0.25) is 14.7 Å². The van der Waals surface area contributed by atoms with E-state index >= 15 is 0 Å². The van der Waals surface area contributed by atoms with Gasteiger partial charge in [-0.05, 0) is 66.2 Å². The van der Waals surface area contributed by atoms with Crippen LogP contribution in [-0.4, -0.2) is 34.0 Å². The number of rotatable bonds is 4. The highest BCUT2D eigenvalue weighted by atomic mass is 35.5. The van der Waals surface area contributed by atoms with Gasteiger partial charge in [0.2, 0.25) is 0 Å². The van der Waals surface area contributed by atoms with Gasteiger partial charge in [0, 0.05) is 29.3 Å². The third-order valence-electron chi connectivity index (χ3n) is 5.77. The van der Waals surface area contributed by atoms with E-state index in [1.54, 1.807) is 12.4 Å². The lowest BCUT2D eigenvalue weighted by atomic mass is 9.90. The Kier molecular flexibility index (Phi) is 5.90. The number of hydrogen-bond acceptors (Lipinski definition) is 3. The molecule has 2 aromatic carbocycles. The Labute approximate surface area is 182 Å². The van der Waals surface area contributed by atoms with Crippen LogP contribution in [0.15, 0.2) is 54.9 Å². The molecule has 0 spiro atoms. The molecule has 2 heterocycles. The molecular formula is C23H20ClF3N2O2. The van der Waals surface area contributed by atoms with Gasteiger partial charge in [0.25, 0.3) is 0 Å². The van der Waals surface area contributed by atoms with Gasteiger partial charge in [0.05, 0.1) is 17.5 Å². The van der Waals surface area contributed by atoms with Gasteiger partial charge in [-0.2, -0.15) is 13.2 Å². The summed E-state index contributed by atoms with van der Waals surface area (Å²) in [6.07, 6.45) is 0.0384. The van der Waals surface area contributed by atoms with Crippen molar-refractivity contribution >= 4 is 28.3 Å². The second-order valence-electron chi connectivity index (χ2n) is 7.79. The number of aromatic nitrogens is 1. The summed E-state index contributed by atoms with van der Waals surface area (Å²) < 4.78 is 40.3. The summed E-state index contributed by atoms with van der Waals surface area (Å²) in [7, 11) is 0. The molecule has 1 aliphatic rings. The van der Waals surface area contributed by atoms with Crippen LogP contribution in [-0.2, 0) is 11.0 Å².